The van der Waals surface area contributed by atoms with E-state index < -0.39 is 0 Å². The number of nitrogens with one attached hydrogen (secondary N) is 1. The van der Waals surface area contributed by atoms with Crippen LogP contribution in [-0.4, -0.2) is 54.0 Å². The number of aryl methyl sites for hydroxylation is 1. The average molecular weight is 508 g/mol. The van der Waals surface area contributed by atoms with Crippen LogP contribution in [0.3, 0.4) is 0 Å². The van der Waals surface area contributed by atoms with Gasteiger partial charge in [0.05, 0.1) is 33.3 Å². The summed E-state index contributed by atoms with van der Waals surface area (Å²) < 4.78 is 23.7. The molecule has 4 rings (SSSR count). The Balaban J connectivity index is 1.61. The SMILES string of the molecule is COc1cc(-c2nnc(SCC(=O)NN=Cc3ccc(C)o3)n2-c2ccccc2)cc(OC)c1OC. The second kappa shape index (κ2) is 11.5. The predicted octanol–water partition coefficient (Wildman–Crippen LogP) is 4.10. The maximum absolute atomic E-state index is 12.4. The van der Waals surface area contributed by atoms with Crippen LogP contribution in [0.5, 0.6) is 17.2 Å². The van der Waals surface area contributed by atoms with Gasteiger partial charge in [0.25, 0.3) is 5.91 Å². The van der Waals surface area contributed by atoms with Crippen LogP contribution in [0, 0.1) is 6.92 Å². The van der Waals surface area contributed by atoms with Crippen molar-refractivity contribution < 1.29 is 23.4 Å². The number of amides is 1. The molecular formula is C25H25N5O5S. The van der Waals surface area contributed by atoms with E-state index in [-0.39, 0.29) is 11.7 Å². The van der Waals surface area contributed by atoms with Crippen molar-refractivity contribution in [3.63, 3.8) is 0 Å². The number of aromatic nitrogens is 3. The molecule has 0 saturated carbocycles. The van der Waals surface area contributed by atoms with Gasteiger partial charge in [0.1, 0.15) is 11.5 Å². The summed E-state index contributed by atoms with van der Waals surface area (Å²) in [6.07, 6.45) is 1.45. The molecule has 2 aromatic carbocycles. The zero-order valence-electron chi connectivity index (χ0n) is 20.2. The Bertz CT molecular complexity index is 1340. The number of hydrogen-bond donors (Lipinski definition) is 1. The van der Waals surface area contributed by atoms with Crippen molar-refractivity contribution in [2.24, 2.45) is 5.10 Å². The van der Waals surface area contributed by atoms with Gasteiger partial charge in [-0.05, 0) is 43.3 Å². The quantitative estimate of drug-likeness (QED) is 0.194. The molecule has 2 aromatic heterocycles. The fraction of sp³-hybridized carbons (Fsp3) is 0.200. The second-order valence-corrected chi connectivity index (χ2v) is 8.36. The molecule has 0 aliphatic heterocycles. The van der Waals surface area contributed by atoms with E-state index in [0.29, 0.717) is 39.6 Å². The zero-order chi connectivity index (χ0) is 25.5. The number of hydrogen-bond acceptors (Lipinski definition) is 9. The molecule has 36 heavy (non-hydrogen) atoms. The van der Waals surface area contributed by atoms with Crippen LogP contribution in [0.25, 0.3) is 17.1 Å². The number of carbonyl (C=O) groups is 1. The third kappa shape index (κ3) is 5.52. The van der Waals surface area contributed by atoms with E-state index in [4.69, 9.17) is 18.6 Å². The molecule has 0 spiro atoms. The Morgan fingerprint density at radius 1 is 1.06 bits per heavy atom. The Kier molecular flexibility index (Phi) is 7.91. The van der Waals surface area contributed by atoms with Crippen LogP contribution in [0.15, 0.2) is 69.3 Å². The van der Waals surface area contributed by atoms with Gasteiger partial charge >= 0.3 is 0 Å². The Morgan fingerprint density at radius 2 is 1.78 bits per heavy atom. The number of furan rings is 1. The predicted molar refractivity (Wildman–Crippen MR) is 136 cm³/mol. The summed E-state index contributed by atoms with van der Waals surface area (Å²) in [5.41, 5.74) is 4.03. The van der Waals surface area contributed by atoms with Gasteiger partial charge in [-0.1, -0.05) is 30.0 Å². The van der Waals surface area contributed by atoms with Crippen LogP contribution in [0.4, 0.5) is 0 Å². The number of rotatable bonds is 10. The van der Waals surface area contributed by atoms with Crippen molar-refractivity contribution in [3.8, 4) is 34.3 Å². The second-order valence-electron chi connectivity index (χ2n) is 7.42. The number of methoxy groups -OCH3 is 3. The first-order valence-electron chi connectivity index (χ1n) is 10.9. The van der Waals surface area contributed by atoms with Crippen molar-refractivity contribution in [2.75, 3.05) is 27.1 Å². The Hall–Kier alpha value is -4.25. The molecule has 0 atom stereocenters. The fourth-order valence-corrected chi connectivity index (χ4v) is 4.17. The van der Waals surface area contributed by atoms with E-state index in [1.165, 1.54) is 18.0 Å². The van der Waals surface area contributed by atoms with Crippen molar-refractivity contribution in [1.82, 2.24) is 20.2 Å². The molecule has 0 saturated heterocycles. The monoisotopic (exact) mass is 507 g/mol. The number of thioether (sulfide) groups is 1. The summed E-state index contributed by atoms with van der Waals surface area (Å²) in [4.78, 5) is 12.4. The summed E-state index contributed by atoms with van der Waals surface area (Å²) in [7, 11) is 4.66. The molecule has 1 amide bonds. The largest absolute Gasteiger partial charge is 0.493 e. The average Bonchev–Trinajstić information content (AvgIpc) is 3.52. The van der Waals surface area contributed by atoms with E-state index >= 15 is 0 Å². The van der Waals surface area contributed by atoms with Crippen LogP contribution >= 0.6 is 11.8 Å². The van der Waals surface area contributed by atoms with Gasteiger partial charge in [0.15, 0.2) is 22.5 Å². The minimum atomic E-state index is -0.295. The highest BCUT2D eigenvalue weighted by Crippen LogP contribution is 2.41. The maximum Gasteiger partial charge on any atom is 0.250 e. The molecule has 186 valence electrons. The van der Waals surface area contributed by atoms with E-state index in [0.717, 1.165) is 11.4 Å². The number of benzene rings is 2. The summed E-state index contributed by atoms with van der Waals surface area (Å²) in [5, 5.41) is 13.2. The van der Waals surface area contributed by atoms with Crippen LogP contribution in [0.2, 0.25) is 0 Å². The lowest BCUT2D eigenvalue weighted by molar-refractivity contribution is -0.118. The number of para-hydroxylation sites is 1. The number of hydrazone groups is 1. The molecule has 10 nitrogen and oxygen atoms in total. The van der Waals surface area contributed by atoms with Gasteiger partial charge in [0.2, 0.25) is 5.75 Å². The van der Waals surface area contributed by atoms with Gasteiger partial charge in [-0.3, -0.25) is 9.36 Å². The molecule has 0 aliphatic rings. The molecule has 0 bridgehead atoms. The molecule has 11 heteroatoms. The van der Waals surface area contributed by atoms with Crippen molar-refractivity contribution >= 4 is 23.9 Å². The lowest BCUT2D eigenvalue weighted by atomic mass is 10.1. The molecule has 0 radical (unpaired) electrons. The third-order valence-electron chi connectivity index (χ3n) is 5.05. The Morgan fingerprint density at radius 3 is 2.39 bits per heavy atom. The molecule has 0 aliphatic carbocycles. The summed E-state index contributed by atoms with van der Waals surface area (Å²) in [6, 6.07) is 16.8. The highest BCUT2D eigenvalue weighted by atomic mass is 32.2. The van der Waals surface area contributed by atoms with Crippen LogP contribution in [0.1, 0.15) is 11.5 Å². The van der Waals surface area contributed by atoms with Gasteiger partial charge < -0.3 is 18.6 Å². The molecule has 4 aromatic rings. The number of carbonyl (C=O) groups excluding carboxylic acids is 1. The third-order valence-corrected chi connectivity index (χ3v) is 5.97. The van der Waals surface area contributed by atoms with Gasteiger partial charge in [-0.15, -0.1) is 10.2 Å². The van der Waals surface area contributed by atoms with Gasteiger partial charge in [-0.25, -0.2) is 5.43 Å². The smallest absolute Gasteiger partial charge is 0.250 e. The van der Waals surface area contributed by atoms with E-state index in [2.05, 4.69) is 20.7 Å². The van der Waals surface area contributed by atoms with E-state index in [1.54, 1.807) is 39.5 Å². The lowest BCUT2D eigenvalue weighted by Gasteiger charge is -2.15. The van der Waals surface area contributed by atoms with Crippen molar-refractivity contribution in [3.05, 3.63) is 66.1 Å². The van der Waals surface area contributed by atoms with Gasteiger partial charge in [-0.2, -0.15) is 5.10 Å². The highest BCUT2D eigenvalue weighted by molar-refractivity contribution is 7.99. The maximum atomic E-state index is 12.4. The van der Waals surface area contributed by atoms with Crippen molar-refractivity contribution in [2.45, 2.75) is 12.1 Å². The number of nitrogens with zero attached hydrogens (tertiary/aromatic N) is 4. The fourth-order valence-electron chi connectivity index (χ4n) is 3.42. The first kappa shape index (κ1) is 24.9. The minimum Gasteiger partial charge on any atom is -0.493 e. The van der Waals surface area contributed by atoms with Crippen LogP contribution < -0.4 is 19.6 Å². The lowest BCUT2D eigenvalue weighted by Crippen LogP contribution is -2.19. The first-order valence-corrected chi connectivity index (χ1v) is 11.8. The molecule has 0 unspecified atom stereocenters. The van der Waals surface area contributed by atoms with Crippen molar-refractivity contribution in [1.29, 1.82) is 0 Å². The Labute approximate surface area is 212 Å². The van der Waals surface area contributed by atoms with Crippen LogP contribution in [-0.2, 0) is 4.79 Å². The standard InChI is InChI=1S/C25H25N5O5S/c1-16-10-11-19(35-16)14-26-27-22(31)15-36-25-29-28-24(30(25)18-8-6-5-7-9-18)17-12-20(32-2)23(34-4)21(13-17)33-3/h5-14H,15H2,1-4H3,(H,27,31). The highest BCUT2D eigenvalue weighted by Gasteiger charge is 2.21. The topological polar surface area (TPSA) is 113 Å². The summed E-state index contributed by atoms with van der Waals surface area (Å²) >= 11 is 1.24. The molecular weight excluding hydrogens is 482 g/mol. The van der Waals surface area contributed by atoms with E-state index in [1.807, 2.05) is 47.9 Å². The number of ether oxygens (including phenoxy) is 3. The summed E-state index contributed by atoms with van der Waals surface area (Å²) in [5.74, 6) is 3.12. The van der Waals surface area contributed by atoms with Gasteiger partial charge in [0, 0.05) is 11.3 Å². The normalized spacial score (nSPS) is 11.0. The summed E-state index contributed by atoms with van der Waals surface area (Å²) in [6.45, 7) is 1.84. The van der Waals surface area contributed by atoms with E-state index in [9.17, 15) is 4.79 Å². The molecule has 1 N–H and O–H groups in total. The first-order chi connectivity index (χ1) is 17.5. The minimum absolute atomic E-state index is 0.0781. The molecule has 0 fully saturated rings. The zero-order valence-corrected chi connectivity index (χ0v) is 21.0. The molecule has 2 heterocycles.